The topological polar surface area (TPSA) is 101 Å². The van der Waals surface area contributed by atoms with Crippen molar-refractivity contribution in [2.45, 2.75) is 50.7 Å². The van der Waals surface area contributed by atoms with Crippen molar-refractivity contribution in [2.24, 2.45) is 0 Å². The van der Waals surface area contributed by atoms with E-state index in [9.17, 15) is 10.2 Å². The fraction of sp³-hybridized carbons (Fsp3) is 1.00. The molecule has 0 aromatic rings. The third-order valence-electron chi connectivity index (χ3n) is 3.83. The molecule has 2 unspecified atom stereocenters. The fourth-order valence-electron chi connectivity index (χ4n) is 2.70. The molecule has 128 valence electrons. The van der Waals surface area contributed by atoms with Gasteiger partial charge < -0.3 is 30.0 Å². The zero-order valence-corrected chi connectivity index (χ0v) is 13.3. The van der Waals surface area contributed by atoms with Crippen molar-refractivity contribution in [2.75, 3.05) is 46.5 Å². The van der Waals surface area contributed by atoms with Crippen LogP contribution in [-0.2, 0) is 0 Å². The van der Waals surface area contributed by atoms with Crippen LogP contribution < -0.4 is 0 Å². The number of hydrogen-bond donors (Lipinski definition) is 5. The molecule has 0 aromatic heterocycles. The van der Waals surface area contributed by atoms with Crippen molar-refractivity contribution in [1.82, 2.24) is 0 Å². The molecule has 0 aliphatic rings. The van der Waals surface area contributed by atoms with Crippen LogP contribution in [0, 0.1) is 0 Å². The van der Waals surface area contributed by atoms with Gasteiger partial charge in [-0.3, -0.25) is 0 Å². The zero-order chi connectivity index (χ0) is 16.1. The Labute approximate surface area is 128 Å². The lowest BCUT2D eigenvalue weighted by atomic mass is 10.1. The predicted octanol–water partition coefficient (Wildman–Crippen LogP) is -0.528. The maximum absolute atomic E-state index is 9.65. The van der Waals surface area contributed by atoms with Gasteiger partial charge in [-0.25, -0.2) is 0 Å². The first-order valence-electron chi connectivity index (χ1n) is 7.99. The Hall–Kier alpha value is -0.240. The highest BCUT2D eigenvalue weighted by Crippen LogP contribution is 2.12. The minimum Gasteiger partial charge on any atom is -0.396 e. The van der Waals surface area contributed by atoms with Crippen LogP contribution in [0.3, 0.4) is 0 Å². The van der Waals surface area contributed by atoms with E-state index < -0.39 is 12.2 Å². The summed E-state index contributed by atoms with van der Waals surface area (Å²) in [6.07, 6.45) is 4.59. The molecular formula is C15H34NO5+. The Balaban J connectivity index is 4.09. The SMILES string of the molecule is C[N+](CCCCCCCCO)(CC(O)CO)CC(O)CO. The molecule has 6 nitrogen and oxygen atoms in total. The average molecular weight is 308 g/mol. The Morgan fingerprint density at radius 2 is 1.14 bits per heavy atom. The van der Waals surface area contributed by atoms with Crippen molar-refractivity contribution < 1.29 is 30.0 Å². The molecule has 0 saturated heterocycles. The maximum atomic E-state index is 9.65. The van der Waals surface area contributed by atoms with Crippen LogP contribution in [0.2, 0.25) is 0 Å². The first kappa shape index (κ1) is 20.8. The molecule has 21 heavy (non-hydrogen) atoms. The highest BCUT2D eigenvalue weighted by atomic mass is 16.3. The summed E-state index contributed by atoms with van der Waals surface area (Å²) < 4.78 is 0.445. The Morgan fingerprint density at radius 3 is 1.57 bits per heavy atom. The molecule has 0 bridgehead atoms. The number of likely N-dealkylation sites (N-methyl/N-ethyl adjacent to an activating group) is 1. The summed E-state index contributed by atoms with van der Waals surface area (Å²) in [6, 6.07) is 0. The van der Waals surface area contributed by atoms with Crippen molar-refractivity contribution in [1.29, 1.82) is 0 Å². The van der Waals surface area contributed by atoms with Crippen LogP contribution in [0.1, 0.15) is 38.5 Å². The van der Waals surface area contributed by atoms with Gasteiger partial charge in [0.05, 0.1) is 26.8 Å². The van der Waals surface area contributed by atoms with E-state index in [1.165, 1.54) is 0 Å². The van der Waals surface area contributed by atoms with Gasteiger partial charge >= 0.3 is 0 Å². The Bertz CT molecular complexity index is 228. The second-order valence-electron chi connectivity index (χ2n) is 6.23. The largest absolute Gasteiger partial charge is 0.396 e. The van der Waals surface area contributed by atoms with Gasteiger partial charge in [-0.05, 0) is 19.3 Å². The van der Waals surface area contributed by atoms with Crippen LogP contribution in [0.5, 0.6) is 0 Å². The van der Waals surface area contributed by atoms with Gasteiger partial charge in [-0.15, -0.1) is 0 Å². The summed E-state index contributed by atoms with van der Waals surface area (Å²) in [5.41, 5.74) is 0. The number of aliphatic hydroxyl groups is 5. The monoisotopic (exact) mass is 308 g/mol. The van der Waals surface area contributed by atoms with Gasteiger partial charge in [-0.1, -0.05) is 19.3 Å². The lowest BCUT2D eigenvalue weighted by molar-refractivity contribution is -0.915. The van der Waals surface area contributed by atoms with Crippen molar-refractivity contribution in [3.8, 4) is 0 Å². The summed E-state index contributed by atoms with van der Waals surface area (Å²) in [4.78, 5) is 0. The quantitative estimate of drug-likeness (QED) is 0.219. The molecule has 6 heteroatoms. The molecule has 0 amide bonds. The molecular weight excluding hydrogens is 274 g/mol. The third-order valence-corrected chi connectivity index (χ3v) is 3.83. The lowest BCUT2D eigenvalue weighted by Gasteiger charge is -2.37. The smallest absolute Gasteiger partial charge is 0.126 e. The zero-order valence-electron chi connectivity index (χ0n) is 13.3. The summed E-state index contributed by atoms with van der Waals surface area (Å²) in [5.74, 6) is 0. The Kier molecular flexibility index (Phi) is 12.2. The summed E-state index contributed by atoms with van der Waals surface area (Å²) in [7, 11) is 1.93. The molecule has 0 aromatic carbocycles. The Morgan fingerprint density at radius 1 is 0.714 bits per heavy atom. The van der Waals surface area contributed by atoms with Crippen LogP contribution in [0.15, 0.2) is 0 Å². The van der Waals surface area contributed by atoms with E-state index in [0.717, 1.165) is 45.1 Å². The number of quaternary nitrogens is 1. The van der Waals surface area contributed by atoms with Crippen molar-refractivity contribution >= 4 is 0 Å². The van der Waals surface area contributed by atoms with E-state index in [0.29, 0.717) is 17.6 Å². The molecule has 5 N–H and O–H groups in total. The molecule has 0 radical (unpaired) electrons. The minimum absolute atomic E-state index is 0.257. The van der Waals surface area contributed by atoms with E-state index in [1.54, 1.807) is 0 Å². The molecule has 0 aliphatic carbocycles. The van der Waals surface area contributed by atoms with E-state index in [2.05, 4.69) is 0 Å². The molecule has 0 aliphatic heterocycles. The minimum atomic E-state index is -0.801. The lowest BCUT2D eigenvalue weighted by Crippen LogP contribution is -2.54. The van der Waals surface area contributed by atoms with E-state index >= 15 is 0 Å². The first-order valence-corrected chi connectivity index (χ1v) is 7.99. The van der Waals surface area contributed by atoms with Gasteiger partial charge in [0.15, 0.2) is 0 Å². The number of unbranched alkanes of at least 4 members (excludes halogenated alkanes) is 5. The second-order valence-corrected chi connectivity index (χ2v) is 6.23. The number of aliphatic hydroxyl groups excluding tert-OH is 5. The highest BCUT2D eigenvalue weighted by Gasteiger charge is 2.27. The average Bonchev–Trinajstić information content (AvgIpc) is 2.45. The second kappa shape index (κ2) is 12.3. The molecule has 0 spiro atoms. The van der Waals surface area contributed by atoms with Gasteiger partial charge in [0.25, 0.3) is 0 Å². The molecule has 0 saturated carbocycles. The highest BCUT2D eigenvalue weighted by molar-refractivity contribution is 4.57. The first-order chi connectivity index (χ1) is 9.97. The molecule has 0 fully saturated rings. The summed E-state index contributed by atoms with van der Waals surface area (Å²) in [5, 5.41) is 46.0. The number of hydrogen-bond acceptors (Lipinski definition) is 5. The molecule has 0 rings (SSSR count). The van der Waals surface area contributed by atoms with Gasteiger partial charge in [0.1, 0.15) is 25.3 Å². The normalized spacial score (nSPS) is 17.4. The number of rotatable bonds is 14. The van der Waals surface area contributed by atoms with Crippen LogP contribution in [0.25, 0.3) is 0 Å². The van der Waals surface area contributed by atoms with E-state index in [4.69, 9.17) is 15.3 Å². The van der Waals surface area contributed by atoms with Gasteiger partial charge in [-0.2, -0.15) is 0 Å². The molecule has 0 heterocycles. The standard InChI is InChI=1S/C15H34NO5/c1-16(10-14(20)12-18,11-15(21)13-19)8-6-4-2-3-5-7-9-17/h14-15,17-21H,2-13H2,1H3/q+1. The van der Waals surface area contributed by atoms with Crippen molar-refractivity contribution in [3.63, 3.8) is 0 Å². The van der Waals surface area contributed by atoms with E-state index in [1.807, 2.05) is 7.05 Å². The fourth-order valence-corrected chi connectivity index (χ4v) is 2.70. The summed E-state index contributed by atoms with van der Waals surface area (Å²) in [6.45, 7) is 1.23. The third kappa shape index (κ3) is 11.0. The van der Waals surface area contributed by atoms with Crippen LogP contribution in [0.4, 0.5) is 0 Å². The van der Waals surface area contributed by atoms with Crippen LogP contribution in [-0.4, -0.2) is 88.7 Å². The van der Waals surface area contributed by atoms with Gasteiger partial charge in [0.2, 0.25) is 0 Å². The molecule has 2 atom stereocenters. The van der Waals surface area contributed by atoms with Crippen molar-refractivity contribution in [3.05, 3.63) is 0 Å². The van der Waals surface area contributed by atoms with E-state index in [-0.39, 0.29) is 19.8 Å². The predicted molar refractivity (Wildman–Crippen MR) is 81.8 cm³/mol. The maximum Gasteiger partial charge on any atom is 0.126 e. The van der Waals surface area contributed by atoms with Crippen LogP contribution >= 0.6 is 0 Å². The number of nitrogens with zero attached hydrogens (tertiary/aromatic N) is 1. The van der Waals surface area contributed by atoms with Gasteiger partial charge in [0, 0.05) is 6.61 Å². The summed E-state index contributed by atoms with van der Waals surface area (Å²) >= 11 is 0.